The number of para-hydroxylation sites is 1. The van der Waals surface area contributed by atoms with E-state index in [2.05, 4.69) is 0 Å². The SMILES string of the molecule is CCCCN1C(=O)CC(=O)N(c2ccccc2)C1=O. The zero-order valence-electron chi connectivity index (χ0n) is 10.8. The van der Waals surface area contributed by atoms with Crippen molar-refractivity contribution in [2.24, 2.45) is 0 Å². The van der Waals surface area contributed by atoms with Gasteiger partial charge in [0.2, 0.25) is 11.8 Å². The highest BCUT2D eigenvalue weighted by Gasteiger charge is 2.38. The second kappa shape index (κ2) is 5.65. The number of rotatable bonds is 4. The number of anilines is 1. The topological polar surface area (TPSA) is 57.7 Å². The van der Waals surface area contributed by atoms with Crippen molar-refractivity contribution >= 4 is 23.5 Å². The van der Waals surface area contributed by atoms with Crippen LogP contribution in [-0.2, 0) is 9.59 Å². The van der Waals surface area contributed by atoms with Crippen molar-refractivity contribution < 1.29 is 14.4 Å². The number of carbonyl (C=O) groups is 3. The highest BCUT2D eigenvalue weighted by molar-refractivity contribution is 6.26. The molecule has 1 fully saturated rings. The lowest BCUT2D eigenvalue weighted by Crippen LogP contribution is -2.55. The molecule has 1 aromatic carbocycles. The van der Waals surface area contributed by atoms with Crippen LogP contribution in [0.3, 0.4) is 0 Å². The molecular formula is C14H16N2O3. The summed E-state index contributed by atoms with van der Waals surface area (Å²) < 4.78 is 0. The Morgan fingerprint density at radius 1 is 1.05 bits per heavy atom. The minimum atomic E-state index is -0.541. The summed E-state index contributed by atoms with van der Waals surface area (Å²) in [5, 5.41) is 0. The molecule has 0 aliphatic carbocycles. The first-order valence-electron chi connectivity index (χ1n) is 6.37. The van der Waals surface area contributed by atoms with E-state index in [1.807, 2.05) is 13.0 Å². The van der Waals surface area contributed by atoms with E-state index >= 15 is 0 Å². The first-order valence-corrected chi connectivity index (χ1v) is 6.37. The summed E-state index contributed by atoms with van der Waals surface area (Å²) >= 11 is 0. The van der Waals surface area contributed by atoms with Crippen molar-refractivity contribution in [1.82, 2.24) is 4.90 Å². The molecular weight excluding hydrogens is 244 g/mol. The molecule has 0 atom stereocenters. The number of unbranched alkanes of at least 4 members (excludes halogenated alkanes) is 1. The predicted octanol–water partition coefficient (Wildman–Crippen LogP) is 2.17. The van der Waals surface area contributed by atoms with E-state index in [1.54, 1.807) is 24.3 Å². The van der Waals surface area contributed by atoms with Gasteiger partial charge in [-0.1, -0.05) is 31.5 Å². The van der Waals surface area contributed by atoms with Gasteiger partial charge in [0, 0.05) is 6.54 Å². The minimum absolute atomic E-state index is 0.246. The molecule has 0 unspecified atom stereocenters. The Hall–Kier alpha value is -2.17. The molecule has 0 N–H and O–H groups in total. The Balaban J connectivity index is 2.26. The largest absolute Gasteiger partial charge is 0.338 e. The maximum Gasteiger partial charge on any atom is 0.338 e. The number of hydrogen-bond donors (Lipinski definition) is 0. The number of amides is 4. The van der Waals surface area contributed by atoms with Gasteiger partial charge in [0.05, 0.1) is 5.69 Å². The lowest BCUT2D eigenvalue weighted by atomic mass is 10.2. The lowest BCUT2D eigenvalue weighted by molar-refractivity contribution is -0.134. The first kappa shape index (κ1) is 13.3. The van der Waals surface area contributed by atoms with Gasteiger partial charge in [0.15, 0.2) is 0 Å². The molecule has 1 aliphatic heterocycles. The molecule has 1 aliphatic rings. The number of barbiturate groups is 1. The molecule has 2 rings (SSSR count). The van der Waals surface area contributed by atoms with E-state index in [-0.39, 0.29) is 6.42 Å². The molecule has 100 valence electrons. The van der Waals surface area contributed by atoms with Gasteiger partial charge in [-0.2, -0.15) is 0 Å². The smallest absolute Gasteiger partial charge is 0.274 e. The summed E-state index contributed by atoms with van der Waals surface area (Å²) in [6.45, 7) is 2.35. The summed E-state index contributed by atoms with van der Waals surface area (Å²) in [7, 11) is 0. The van der Waals surface area contributed by atoms with Gasteiger partial charge in [0.25, 0.3) is 0 Å². The van der Waals surface area contributed by atoms with E-state index in [0.717, 1.165) is 22.6 Å². The van der Waals surface area contributed by atoms with Crippen molar-refractivity contribution in [3.8, 4) is 0 Å². The molecule has 1 aromatic rings. The fourth-order valence-corrected chi connectivity index (χ4v) is 2.01. The van der Waals surface area contributed by atoms with Crippen molar-refractivity contribution in [3.05, 3.63) is 30.3 Å². The van der Waals surface area contributed by atoms with Crippen LogP contribution in [0.25, 0.3) is 0 Å². The van der Waals surface area contributed by atoms with Gasteiger partial charge in [0.1, 0.15) is 6.42 Å². The van der Waals surface area contributed by atoms with Gasteiger partial charge in [-0.05, 0) is 18.6 Å². The second-order valence-electron chi connectivity index (χ2n) is 4.42. The summed E-state index contributed by atoms with van der Waals surface area (Å²) in [4.78, 5) is 38.2. The van der Waals surface area contributed by atoms with Gasteiger partial charge in [-0.3, -0.25) is 14.5 Å². The maximum absolute atomic E-state index is 12.3. The van der Waals surface area contributed by atoms with Crippen LogP contribution in [0.2, 0.25) is 0 Å². The third kappa shape index (κ3) is 2.65. The Morgan fingerprint density at radius 2 is 1.74 bits per heavy atom. The summed E-state index contributed by atoms with van der Waals surface area (Å²) in [6.07, 6.45) is 1.38. The molecule has 0 spiro atoms. The number of nitrogens with zero attached hydrogens (tertiary/aromatic N) is 2. The molecule has 5 heteroatoms. The molecule has 0 saturated carbocycles. The fourth-order valence-electron chi connectivity index (χ4n) is 2.01. The van der Waals surface area contributed by atoms with Crippen LogP contribution >= 0.6 is 0 Å². The molecule has 5 nitrogen and oxygen atoms in total. The zero-order valence-corrected chi connectivity index (χ0v) is 10.8. The predicted molar refractivity (Wildman–Crippen MR) is 70.6 cm³/mol. The minimum Gasteiger partial charge on any atom is -0.274 e. The summed E-state index contributed by atoms with van der Waals surface area (Å²) in [5.74, 6) is -0.871. The maximum atomic E-state index is 12.3. The standard InChI is InChI=1S/C14H16N2O3/c1-2-3-9-15-12(17)10-13(18)16(14(15)19)11-7-5-4-6-8-11/h4-8H,2-3,9-10H2,1H3. The van der Waals surface area contributed by atoms with Gasteiger partial charge < -0.3 is 0 Å². The van der Waals surface area contributed by atoms with Crippen LogP contribution in [0.4, 0.5) is 10.5 Å². The first-order chi connectivity index (χ1) is 9.15. The van der Waals surface area contributed by atoms with Crippen molar-refractivity contribution in [3.63, 3.8) is 0 Å². The van der Waals surface area contributed by atoms with E-state index in [1.165, 1.54) is 0 Å². The third-order valence-corrected chi connectivity index (χ3v) is 3.02. The van der Waals surface area contributed by atoms with Gasteiger partial charge >= 0.3 is 6.03 Å². The molecule has 0 radical (unpaired) electrons. The van der Waals surface area contributed by atoms with Crippen LogP contribution < -0.4 is 4.90 Å². The Morgan fingerprint density at radius 3 is 2.37 bits per heavy atom. The lowest BCUT2D eigenvalue weighted by Gasteiger charge is -2.32. The average molecular weight is 260 g/mol. The number of urea groups is 1. The molecule has 1 heterocycles. The van der Waals surface area contributed by atoms with Crippen LogP contribution in [0.5, 0.6) is 0 Å². The van der Waals surface area contributed by atoms with E-state index in [0.29, 0.717) is 12.2 Å². The number of carbonyl (C=O) groups excluding carboxylic acids is 3. The van der Waals surface area contributed by atoms with Crippen molar-refractivity contribution in [2.45, 2.75) is 26.2 Å². The van der Waals surface area contributed by atoms with E-state index in [4.69, 9.17) is 0 Å². The number of imide groups is 2. The van der Waals surface area contributed by atoms with Crippen molar-refractivity contribution in [1.29, 1.82) is 0 Å². The summed E-state index contributed by atoms with van der Waals surface area (Å²) in [5.41, 5.74) is 0.506. The average Bonchev–Trinajstić information content (AvgIpc) is 2.39. The summed E-state index contributed by atoms with van der Waals surface area (Å²) in [6, 6.07) is 8.14. The van der Waals surface area contributed by atoms with E-state index in [9.17, 15) is 14.4 Å². The van der Waals surface area contributed by atoms with Crippen LogP contribution in [0.1, 0.15) is 26.2 Å². The monoisotopic (exact) mass is 260 g/mol. The van der Waals surface area contributed by atoms with Gasteiger partial charge in [-0.15, -0.1) is 0 Å². The second-order valence-corrected chi connectivity index (χ2v) is 4.42. The van der Waals surface area contributed by atoms with Gasteiger partial charge in [-0.25, -0.2) is 9.69 Å². The highest BCUT2D eigenvalue weighted by Crippen LogP contribution is 2.21. The molecule has 19 heavy (non-hydrogen) atoms. The Kier molecular flexibility index (Phi) is 3.94. The van der Waals surface area contributed by atoms with Crippen LogP contribution in [0, 0.1) is 0 Å². The Labute approximate surface area is 111 Å². The van der Waals surface area contributed by atoms with Crippen LogP contribution in [-0.4, -0.2) is 29.3 Å². The van der Waals surface area contributed by atoms with E-state index < -0.39 is 17.8 Å². The Bertz CT molecular complexity index is 499. The quantitative estimate of drug-likeness (QED) is 0.779. The van der Waals surface area contributed by atoms with Crippen molar-refractivity contribution in [2.75, 3.05) is 11.4 Å². The molecule has 0 aromatic heterocycles. The molecule has 4 amide bonds. The van der Waals surface area contributed by atoms with Crippen LogP contribution in [0.15, 0.2) is 30.3 Å². The third-order valence-electron chi connectivity index (χ3n) is 3.02. The number of benzene rings is 1. The highest BCUT2D eigenvalue weighted by atomic mass is 16.2. The molecule has 1 saturated heterocycles. The number of hydrogen-bond acceptors (Lipinski definition) is 3. The zero-order chi connectivity index (χ0) is 13.8. The molecule has 0 bridgehead atoms. The normalized spacial score (nSPS) is 16.2. The fraction of sp³-hybridized carbons (Fsp3) is 0.357.